The summed E-state index contributed by atoms with van der Waals surface area (Å²) in [7, 11) is 0. The fraction of sp³-hybridized carbons (Fsp3) is 0.611. The van der Waals surface area contributed by atoms with Gasteiger partial charge >= 0.3 is 0 Å². The molecule has 0 aliphatic heterocycles. The van der Waals surface area contributed by atoms with Gasteiger partial charge in [0.1, 0.15) is 11.6 Å². The molecule has 118 valence electrons. The largest absolute Gasteiger partial charge is 0.330 e. The van der Waals surface area contributed by atoms with Gasteiger partial charge in [-0.1, -0.05) is 26.8 Å². The Bertz CT molecular complexity index is 477. The summed E-state index contributed by atoms with van der Waals surface area (Å²) in [5.41, 5.74) is 7.60. The third-order valence-electron chi connectivity index (χ3n) is 4.21. The summed E-state index contributed by atoms with van der Waals surface area (Å²) in [6.07, 6.45) is 2.66. The molecule has 0 amide bonds. The van der Waals surface area contributed by atoms with E-state index in [0.717, 1.165) is 24.0 Å². The van der Waals surface area contributed by atoms with Crippen LogP contribution < -0.4 is 5.73 Å². The maximum absolute atomic E-state index is 13.2. The van der Waals surface area contributed by atoms with Crippen LogP contribution in [-0.4, -0.2) is 12.3 Å². The minimum Gasteiger partial charge on any atom is -0.330 e. The molecule has 0 saturated heterocycles. The molecular formula is C18H28FNO. The fourth-order valence-electron chi connectivity index (χ4n) is 2.68. The third kappa shape index (κ3) is 5.96. The smallest absolute Gasteiger partial charge is 0.137 e. The molecule has 0 aromatic heterocycles. The van der Waals surface area contributed by atoms with Crippen molar-refractivity contribution in [1.29, 1.82) is 0 Å². The van der Waals surface area contributed by atoms with Crippen molar-refractivity contribution in [3.63, 3.8) is 0 Å². The van der Waals surface area contributed by atoms with Crippen LogP contribution in [-0.2, 0) is 11.2 Å². The van der Waals surface area contributed by atoms with Gasteiger partial charge in [-0.2, -0.15) is 0 Å². The lowest BCUT2D eigenvalue weighted by atomic mass is 9.76. The lowest BCUT2D eigenvalue weighted by molar-refractivity contribution is -0.118. The molecule has 2 N–H and O–H groups in total. The zero-order valence-corrected chi connectivity index (χ0v) is 13.7. The normalized spacial score (nSPS) is 13.2. The molecule has 0 fully saturated rings. The lowest BCUT2D eigenvalue weighted by Crippen LogP contribution is -2.24. The van der Waals surface area contributed by atoms with Gasteiger partial charge in [0.15, 0.2) is 0 Å². The maximum Gasteiger partial charge on any atom is 0.137 e. The van der Waals surface area contributed by atoms with Crippen molar-refractivity contribution in [2.75, 3.05) is 6.54 Å². The standard InChI is InChI=1S/C18H28FNO/c1-13-5-7-16(19)11-14(13)12-17(21)8-6-15(9-10-20)18(2,3)4/h5,7,11,15H,6,8-10,12,20H2,1-4H3. The second kappa shape index (κ2) is 7.69. The first kappa shape index (κ1) is 17.8. The highest BCUT2D eigenvalue weighted by molar-refractivity contribution is 5.81. The van der Waals surface area contributed by atoms with Crippen LogP contribution in [0.3, 0.4) is 0 Å². The van der Waals surface area contributed by atoms with Gasteiger partial charge in [-0.25, -0.2) is 4.39 Å². The second-order valence-corrected chi connectivity index (χ2v) is 6.97. The summed E-state index contributed by atoms with van der Waals surface area (Å²) >= 11 is 0. The first-order chi connectivity index (χ1) is 9.74. The van der Waals surface area contributed by atoms with Crippen LogP contribution in [0, 0.1) is 24.1 Å². The first-order valence-corrected chi connectivity index (χ1v) is 7.71. The Labute approximate surface area is 127 Å². The SMILES string of the molecule is Cc1ccc(F)cc1CC(=O)CCC(CCN)C(C)(C)C. The van der Waals surface area contributed by atoms with Crippen LogP contribution in [0.4, 0.5) is 4.39 Å². The number of nitrogens with two attached hydrogens (primary N) is 1. The van der Waals surface area contributed by atoms with Crippen LogP contribution in [0.5, 0.6) is 0 Å². The Kier molecular flexibility index (Phi) is 6.53. The highest BCUT2D eigenvalue weighted by Gasteiger charge is 2.24. The van der Waals surface area contributed by atoms with Crippen molar-refractivity contribution in [3.8, 4) is 0 Å². The number of carbonyl (C=O) groups is 1. The van der Waals surface area contributed by atoms with Gasteiger partial charge in [0.05, 0.1) is 0 Å². The molecule has 0 aliphatic carbocycles. The molecule has 0 aliphatic rings. The molecule has 0 bridgehead atoms. The molecule has 0 radical (unpaired) electrons. The summed E-state index contributed by atoms with van der Waals surface area (Å²) in [4.78, 5) is 12.2. The molecule has 1 rings (SSSR count). The molecular weight excluding hydrogens is 265 g/mol. The summed E-state index contributed by atoms with van der Waals surface area (Å²) < 4.78 is 13.2. The van der Waals surface area contributed by atoms with E-state index in [2.05, 4.69) is 20.8 Å². The van der Waals surface area contributed by atoms with Crippen molar-refractivity contribution in [2.45, 2.75) is 53.4 Å². The van der Waals surface area contributed by atoms with Crippen LogP contribution in [0.15, 0.2) is 18.2 Å². The van der Waals surface area contributed by atoms with Gasteiger partial charge in [0, 0.05) is 12.8 Å². The van der Waals surface area contributed by atoms with Crippen LogP contribution in [0.25, 0.3) is 0 Å². The Morgan fingerprint density at radius 2 is 1.95 bits per heavy atom. The average Bonchev–Trinajstić information content (AvgIpc) is 2.37. The first-order valence-electron chi connectivity index (χ1n) is 7.71. The van der Waals surface area contributed by atoms with E-state index in [-0.39, 0.29) is 17.0 Å². The number of hydrogen-bond acceptors (Lipinski definition) is 2. The minimum absolute atomic E-state index is 0.161. The average molecular weight is 293 g/mol. The van der Waals surface area contributed by atoms with Gasteiger partial charge in [-0.15, -0.1) is 0 Å². The van der Waals surface area contributed by atoms with Crippen molar-refractivity contribution >= 4 is 5.78 Å². The number of Topliss-reactive ketones (excluding diaryl/α,β-unsaturated/α-hetero) is 1. The van der Waals surface area contributed by atoms with Crippen molar-refractivity contribution in [2.24, 2.45) is 17.1 Å². The predicted molar refractivity (Wildman–Crippen MR) is 85.7 cm³/mol. The van der Waals surface area contributed by atoms with Crippen molar-refractivity contribution in [1.82, 2.24) is 0 Å². The molecule has 0 saturated carbocycles. The van der Waals surface area contributed by atoms with Gasteiger partial charge in [0.2, 0.25) is 0 Å². The highest BCUT2D eigenvalue weighted by atomic mass is 19.1. The predicted octanol–water partition coefficient (Wildman–Crippen LogP) is 4.04. The Morgan fingerprint density at radius 1 is 1.29 bits per heavy atom. The Hall–Kier alpha value is -1.22. The molecule has 1 unspecified atom stereocenters. The molecule has 0 spiro atoms. The van der Waals surface area contributed by atoms with E-state index in [4.69, 9.17) is 5.73 Å². The van der Waals surface area contributed by atoms with E-state index in [1.54, 1.807) is 6.07 Å². The summed E-state index contributed by atoms with van der Waals surface area (Å²) in [6.45, 7) is 9.13. The molecule has 3 heteroatoms. The lowest BCUT2D eigenvalue weighted by Gasteiger charge is -2.30. The number of benzene rings is 1. The summed E-state index contributed by atoms with van der Waals surface area (Å²) in [5.74, 6) is 0.342. The third-order valence-corrected chi connectivity index (χ3v) is 4.21. The van der Waals surface area contributed by atoms with Crippen LogP contribution in [0.1, 0.15) is 51.2 Å². The molecule has 1 aromatic carbocycles. The molecule has 0 heterocycles. The summed E-state index contributed by atoms with van der Waals surface area (Å²) in [6, 6.07) is 4.62. The van der Waals surface area contributed by atoms with E-state index in [0.29, 0.717) is 25.3 Å². The maximum atomic E-state index is 13.2. The highest BCUT2D eigenvalue weighted by Crippen LogP contribution is 2.32. The van der Waals surface area contributed by atoms with Crippen LogP contribution in [0.2, 0.25) is 0 Å². The van der Waals surface area contributed by atoms with Gasteiger partial charge in [0.25, 0.3) is 0 Å². The second-order valence-electron chi connectivity index (χ2n) is 6.97. The molecule has 2 nitrogen and oxygen atoms in total. The zero-order valence-electron chi connectivity index (χ0n) is 13.7. The number of carbonyl (C=O) groups excluding carboxylic acids is 1. The number of aryl methyl sites for hydroxylation is 1. The van der Waals surface area contributed by atoms with Gasteiger partial charge in [-0.05, 0) is 60.9 Å². The number of rotatable bonds is 7. The van der Waals surface area contributed by atoms with E-state index in [1.165, 1.54) is 12.1 Å². The van der Waals surface area contributed by atoms with E-state index < -0.39 is 0 Å². The quantitative estimate of drug-likeness (QED) is 0.824. The van der Waals surface area contributed by atoms with E-state index >= 15 is 0 Å². The van der Waals surface area contributed by atoms with Crippen LogP contribution >= 0.6 is 0 Å². The van der Waals surface area contributed by atoms with Gasteiger partial charge < -0.3 is 5.73 Å². The topological polar surface area (TPSA) is 43.1 Å². The Morgan fingerprint density at radius 3 is 2.52 bits per heavy atom. The fourth-order valence-corrected chi connectivity index (χ4v) is 2.68. The number of hydrogen-bond donors (Lipinski definition) is 1. The van der Waals surface area contributed by atoms with E-state index in [9.17, 15) is 9.18 Å². The molecule has 21 heavy (non-hydrogen) atoms. The molecule has 1 atom stereocenters. The van der Waals surface area contributed by atoms with Crippen molar-refractivity contribution < 1.29 is 9.18 Å². The monoisotopic (exact) mass is 293 g/mol. The minimum atomic E-state index is -0.279. The number of ketones is 1. The Balaban J connectivity index is 2.59. The van der Waals surface area contributed by atoms with E-state index in [1.807, 2.05) is 6.92 Å². The van der Waals surface area contributed by atoms with Crippen molar-refractivity contribution in [3.05, 3.63) is 35.1 Å². The van der Waals surface area contributed by atoms with Gasteiger partial charge in [-0.3, -0.25) is 4.79 Å². The summed E-state index contributed by atoms with van der Waals surface area (Å²) in [5, 5.41) is 0. The zero-order chi connectivity index (χ0) is 16.0. The number of halogens is 1. The molecule has 1 aromatic rings.